The SMILES string of the molecule is CC(CC(=O)O)C1CCCC1. The smallest absolute Gasteiger partial charge is 0.303 e. The van der Waals surface area contributed by atoms with E-state index in [0.29, 0.717) is 18.3 Å². The molecule has 1 N–H and O–H groups in total. The first-order valence-electron chi connectivity index (χ1n) is 4.42. The third-order valence-corrected chi connectivity index (χ3v) is 2.70. The van der Waals surface area contributed by atoms with Crippen LogP contribution in [0.2, 0.25) is 0 Å². The van der Waals surface area contributed by atoms with E-state index in [4.69, 9.17) is 5.11 Å². The Morgan fingerprint density at radius 3 is 2.55 bits per heavy atom. The zero-order chi connectivity index (χ0) is 8.27. The summed E-state index contributed by atoms with van der Waals surface area (Å²) >= 11 is 0. The molecule has 1 unspecified atom stereocenters. The fourth-order valence-corrected chi connectivity index (χ4v) is 1.97. The summed E-state index contributed by atoms with van der Waals surface area (Å²) in [5.41, 5.74) is 0. The minimum absolute atomic E-state index is 0.352. The standard InChI is InChI=1S/C9H16O2/c1-7(6-9(10)11)8-4-2-3-5-8/h7-8H,2-6H2,1H3,(H,10,11). The Hall–Kier alpha value is -0.530. The third kappa shape index (κ3) is 2.52. The van der Waals surface area contributed by atoms with Crippen molar-refractivity contribution in [1.82, 2.24) is 0 Å². The number of hydrogen-bond donors (Lipinski definition) is 1. The Balaban J connectivity index is 2.28. The van der Waals surface area contributed by atoms with Crippen LogP contribution < -0.4 is 0 Å². The van der Waals surface area contributed by atoms with Gasteiger partial charge in [0, 0.05) is 6.42 Å². The van der Waals surface area contributed by atoms with E-state index in [1.54, 1.807) is 0 Å². The topological polar surface area (TPSA) is 37.3 Å². The predicted octanol–water partition coefficient (Wildman–Crippen LogP) is 2.29. The van der Waals surface area contributed by atoms with Gasteiger partial charge in [-0.05, 0) is 11.8 Å². The zero-order valence-corrected chi connectivity index (χ0v) is 7.05. The van der Waals surface area contributed by atoms with Gasteiger partial charge in [0.15, 0.2) is 0 Å². The first kappa shape index (κ1) is 8.57. The fraction of sp³-hybridized carbons (Fsp3) is 0.889. The number of carboxylic acids is 1. The predicted molar refractivity (Wildman–Crippen MR) is 43.4 cm³/mol. The molecule has 11 heavy (non-hydrogen) atoms. The molecule has 1 fully saturated rings. The number of hydrogen-bond acceptors (Lipinski definition) is 1. The van der Waals surface area contributed by atoms with E-state index in [1.807, 2.05) is 0 Å². The Kier molecular flexibility index (Phi) is 2.92. The van der Waals surface area contributed by atoms with E-state index in [9.17, 15) is 4.79 Å². The normalized spacial score (nSPS) is 21.9. The van der Waals surface area contributed by atoms with Crippen molar-refractivity contribution < 1.29 is 9.90 Å². The van der Waals surface area contributed by atoms with Crippen LogP contribution in [0, 0.1) is 11.8 Å². The van der Waals surface area contributed by atoms with Crippen molar-refractivity contribution >= 4 is 5.97 Å². The lowest BCUT2D eigenvalue weighted by atomic mass is 9.90. The molecule has 0 saturated heterocycles. The minimum Gasteiger partial charge on any atom is -0.481 e. The van der Waals surface area contributed by atoms with Gasteiger partial charge in [-0.3, -0.25) is 4.79 Å². The van der Waals surface area contributed by atoms with Crippen LogP contribution in [-0.2, 0) is 4.79 Å². The number of carboxylic acid groups (broad SMARTS) is 1. The summed E-state index contributed by atoms with van der Waals surface area (Å²) in [5.74, 6) is 0.422. The lowest BCUT2D eigenvalue weighted by Gasteiger charge is -2.15. The summed E-state index contributed by atoms with van der Waals surface area (Å²) in [4.78, 5) is 10.4. The molecule has 2 heteroatoms. The summed E-state index contributed by atoms with van der Waals surface area (Å²) in [6, 6.07) is 0. The van der Waals surface area contributed by atoms with Crippen LogP contribution in [0.4, 0.5) is 0 Å². The van der Waals surface area contributed by atoms with Crippen LogP contribution in [-0.4, -0.2) is 11.1 Å². The van der Waals surface area contributed by atoms with Gasteiger partial charge < -0.3 is 5.11 Å². The van der Waals surface area contributed by atoms with Crippen molar-refractivity contribution in [3.05, 3.63) is 0 Å². The summed E-state index contributed by atoms with van der Waals surface area (Å²) < 4.78 is 0. The Morgan fingerprint density at radius 2 is 2.09 bits per heavy atom. The molecule has 1 aliphatic carbocycles. The molecule has 0 spiro atoms. The zero-order valence-electron chi connectivity index (χ0n) is 7.05. The molecule has 1 atom stereocenters. The number of aliphatic carboxylic acids is 1. The molecule has 0 heterocycles. The molecule has 1 saturated carbocycles. The first-order valence-corrected chi connectivity index (χ1v) is 4.42. The van der Waals surface area contributed by atoms with Gasteiger partial charge in [0.05, 0.1) is 0 Å². The van der Waals surface area contributed by atoms with Gasteiger partial charge in [0.25, 0.3) is 0 Å². The molecule has 1 rings (SSSR count). The van der Waals surface area contributed by atoms with Gasteiger partial charge in [0.2, 0.25) is 0 Å². The largest absolute Gasteiger partial charge is 0.481 e. The molecule has 0 bridgehead atoms. The second kappa shape index (κ2) is 3.74. The van der Waals surface area contributed by atoms with Crippen LogP contribution in [0.5, 0.6) is 0 Å². The van der Waals surface area contributed by atoms with E-state index in [-0.39, 0.29) is 0 Å². The average molecular weight is 156 g/mol. The minimum atomic E-state index is -0.649. The lowest BCUT2D eigenvalue weighted by molar-refractivity contribution is -0.138. The van der Waals surface area contributed by atoms with Gasteiger partial charge in [-0.1, -0.05) is 32.6 Å². The first-order chi connectivity index (χ1) is 5.20. The van der Waals surface area contributed by atoms with Gasteiger partial charge in [-0.25, -0.2) is 0 Å². The van der Waals surface area contributed by atoms with E-state index in [1.165, 1.54) is 25.7 Å². The van der Waals surface area contributed by atoms with Crippen LogP contribution in [0.1, 0.15) is 39.0 Å². The molecule has 1 aliphatic rings. The van der Waals surface area contributed by atoms with Crippen molar-refractivity contribution in [2.75, 3.05) is 0 Å². The highest BCUT2D eigenvalue weighted by Gasteiger charge is 2.22. The quantitative estimate of drug-likeness (QED) is 0.680. The summed E-state index contributed by atoms with van der Waals surface area (Å²) in [5, 5.41) is 8.54. The van der Waals surface area contributed by atoms with Crippen LogP contribution in [0.25, 0.3) is 0 Å². The van der Waals surface area contributed by atoms with Crippen molar-refractivity contribution in [3.8, 4) is 0 Å². The monoisotopic (exact) mass is 156 g/mol. The second-order valence-corrected chi connectivity index (χ2v) is 3.62. The lowest BCUT2D eigenvalue weighted by Crippen LogP contribution is -2.12. The Bertz CT molecular complexity index is 136. The van der Waals surface area contributed by atoms with Gasteiger partial charge in [-0.2, -0.15) is 0 Å². The maximum atomic E-state index is 10.4. The molecule has 0 aliphatic heterocycles. The molecule has 0 aromatic carbocycles. The molecule has 0 aromatic heterocycles. The van der Waals surface area contributed by atoms with Gasteiger partial charge in [0.1, 0.15) is 0 Å². The fourth-order valence-electron chi connectivity index (χ4n) is 1.97. The molecule has 64 valence electrons. The molecule has 0 amide bonds. The van der Waals surface area contributed by atoms with E-state index in [2.05, 4.69) is 6.92 Å². The maximum absolute atomic E-state index is 10.4. The Morgan fingerprint density at radius 1 is 1.55 bits per heavy atom. The highest BCUT2D eigenvalue weighted by Crippen LogP contribution is 2.32. The molecule has 0 aromatic rings. The maximum Gasteiger partial charge on any atom is 0.303 e. The van der Waals surface area contributed by atoms with Crippen molar-refractivity contribution in [2.45, 2.75) is 39.0 Å². The van der Waals surface area contributed by atoms with Crippen LogP contribution in [0.15, 0.2) is 0 Å². The van der Waals surface area contributed by atoms with Crippen LogP contribution >= 0.6 is 0 Å². The molecular formula is C9H16O2. The third-order valence-electron chi connectivity index (χ3n) is 2.70. The summed E-state index contributed by atoms with van der Waals surface area (Å²) in [7, 11) is 0. The number of carbonyl (C=O) groups is 1. The highest BCUT2D eigenvalue weighted by molar-refractivity contribution is 5.66. The van der Waals surface area contributed by atoms with Crippen LogP contribution in [0.3, 0.4) is 0 Å². The Labute approximate surface area is 67.6 Å². The number of rotatable bonds is 3. The highest BCUT2D eigenvalue weighted by atomic mass is 16.4. The van der Waals surface area contributed by atoms with Crippen molar-refractivity contribution in [3.63, 3.8) is 0 Å². The van der Waals surface area contributed by atoms with Crippen molar-refractivity contribution in [2.24, 2.45) is 11.8 Å². The summed E-state index contributed by atoms with van der Waals surface area (Å²) in [6.45, 7) is 2.06. The molecule has 0 radical (unpaired) electrons. The average Bonchev–Trinajstić information content (AvgIpc) is 2.35. The van der Waals surface area contributed by atoms with Crippen molar-refractivity contribution in [1.29, 1.82) is 0 Å². The molecular weight excluding hydrogens is 140 g/mol. The van der Waals surface area contributed by atoms with Gasteiger partial charge >= 0.3 is 5.97 Å². The van der Waals surface area contributed by atoms with Gasteiger partial charge in [-0.15, -0.1) is 0 Å². The van der Waals surface area contributed by atoms with E-state index < -0.39 is 5.97 Å². The van der Waals surface area contributed by atoms with E-state index in [0.717, 1.165) is 0 Å². The van der Waals surface area contributed by atoms with E-state index >= 15 is 0 Å². The second-order valence-electron chi connectivity index (χ2n) is 3.62. The summed E-state index contributed by atoms with van der Waals surface area (Å²) in [6.07, 6.45) is 5.44. The molecule has 2 nitrogen and oxygen atoms in total.